The normalized spacial score (nSPS) is 13.0. The van der Waals surface area contributed by atoms with Gasteiger partial charge in [0.2, 0.25) is 21.8 Å². The monoisotopic (exact) mass is 503 g/mol. The second kappa shape index (κ2) is 12.6. The van der Waals surface area contributed by atoms with Crippen molar-refractivity contribution in [1.82, 2.24) is 10.2 Å². The Kier molecular flexibility index (Phi) is 10.1. The SMILES string of the molecule is CCC(C)NC(=O)C(CC)N(Cc1ccc(OC)cc1)C(=O)CN(c1ccccc1C)S(C)(=O)=O. The average molecular weight is 504 g/mol. The molecule has 35 heavy (non-hydrogen) atoms. The summed E-state index contributed by atoms with van der Waals surface area (Å²) in [4.78, 5) is 28.3. The van der Waals surface area contributed by atoms with Gasteiger partial charge in [0.15, 0.2) is 0 Å². The van der Waals surface area contributed by atoms with Crippen LogP contribution in [0.25, 0.3) is 0 Å². The lowest BCUT2D eigenvalue weighted by molar-refractivity contribution is -0.140. The van der Waals surface area contributed by atoms with Gasteiger partial charge >= 0.3 is 0 Å². The molecule has 2 atom stereocenters. The van der Waals surface area contributed by atoms with Gasteiger partial charge in [-0.3, -0.25) is 13.9 Å². The lowest BCUT2D eigenvalue weighted by Gasteiger charge is -2.33. The van der Waals surface area contributed by atoms with E-state index in [-0.39, 0.29) is 18.5 Å². The molecule has 0 aliphatic carbocycles. The minimum absolute atomic E-state index is 0.0472. The summed E-state index contributed by atoms with van der Waals surface area (Å²) in [7, 11) is -2.19. The van der Waals surface area contributed by atoms with Crippen molar-refractivity contribution in [2.45, 2.75) is 59.2 Å². The van der Waals surface area contributed by atoms with Gasteiger partial charge in [-0.15, -0.1) is 0 Å². The van der Waals surface area contributed by atoms with Crippen molar-refractivity contribution >= 4 is 27.5 Å². The predicted molar refractivity (Wildman–Crippen MR) is 139 cm³/mol. The molecular weight excluding hydrogens is 466 g/mol. The molecule has 2 amide bonds. The number of ether oxygens (including phenoxy) is 1. The van der Waals surface area contributed by atoms with Crippen LogP contribution in [0.1, 0.15) is 44.7 Å². The Morgan fingerprint density at radius 2 is 1.66 bits per heavy atom. The number of para-hydroxylation sites is 1. The zero-order chi connectivity index (χ0) is 26.2. The molecule has 0 heterocycles. The largest absolute Gasteiger partial charge is 0.497 e. The zero-order valence-electron chi connectivity index (χ0n) is 21.4. The lowest BCUT2D eigenvalue weighted by Crippen LogP contribution is -2.53. The highest BCUT2D eigenvalue weighted by Gasteiger charge is 2.32. The standard InChI is InChI=1S/C26H37N3O5S/c1-7-20(4)27-26(31)23(8-2)28(17-21-13-15-22(34-5)16-14-21)25(30)18-29(35(6,32)33)24-12-10-9-11-19(24)3/h9-16,20,23H,7-8,17-18H2,1-6H3,(H,27,31). The number of nitrogens with zero attached hydrogens (tertiary/aromatic N) is 2. The van der Waals surface area contributed by atoms with E-state index in [1.165, 1.54) is 4.90 Å². The van der Waals surface area contributed by atoms with Crippen LogP contribution < -0.4 is 14.4 Å². The number of carbonyl (C=O) groups is 2. The molecule has 0 aromatic heterocycles. The van der Waals surface area contributed by atoms with E-state index in [2.05, 4.69) is 5.32 Å². The van der Waals surface area contributed by atoms with Crippen LogP contribution in [0.2, 0.25) is 0 Å². The van der Waals surface area contributed by atoms with Gasteiger partial charge < -0.3 is 15.0 Å². The van der Waals surface area contributed by atoms with Gasteiger partial charge in [-0.2, -0.15) is 0 Å². The number of rotatable bonds is 12. The molecule has 0 aliphatic heterocycles. The summed E-state index contributed by atoms with van der Waals surface area (Å²) in [6, 6.07) is 13.4. The minimum atomic E-state index is -3.76. The molecule has 0 aliphatic rings. The van der Waals surface area contributed by atoms with E-state index >= 15 is 0 Å². The third kappa shape index (κ3) is 7.71. The van der Waals surface area contributed by atoms with Crippen molar-refractivity contribution in [2.75, 3.05) is 24.2 Å². The van der Waals surface area contributed by atoms with Crippen LogP contribution in [0.15, 0.2) is 48.5 Å². The van der Waals surface area contributed by atoms with Crippen molar-refractivity contribution in [1.29, 1.82) is 0 Å². The van der Waals surface area contributed by atoms with Gasteiger partial charge in [0.1, 0.15) is 18.3 Å². The predicted octanol–water partition coefficient (Wildman–Crippen LogP) is 3.49. The van der Waals surface area contributed by atoms with Crippen LogP contribution in [-0.2, 0) is 26.2 Å². The number of amides is 2. The Morgan fingerprint density at radius 1 is 1.03 bits per heavy atom. The van der Waals surface area contributed by atoms with E-state index in [0.717, 1.165) is 28.1 Å². The molecule has 2 rings (SSSR count). The number of hydrogen-bond donors (Lipinski definition) is 1. The quantitative estimate of drug-likeness (QED) is 0.478. The topological polar surface area (TPSA) is 96.0 Å². The van der Waals surface area contributed by atoms with E-state index in [1.54, 1.807) is 44.4 Å². The van der Waals surface area contributed by atoms with Crippen LogP contribution in [0.4, 0.5) is 5.69 Å². The summed E-state index contributed by atoms with van der Waals surface area (Å²) in [6.07, 6.45) is 2.21. The second-order valence-corrected chi connectivity index (χ2v) is 10.6. The molecule has 2 unspecified atom stereocenters. The second-order valence-electron chi connectivity index (χ2n) is 8.67. The van der Waals surface area contributed by atoms with Crippen molar-refractivity contribution in [3.63, 3.8) is 0 Å². The summed E-state index contributed by atoms with van der Waals surface area (Å²) >= 11 is 0. The fourth-order valence-corrected chi connectivity index (χ4v) is 4.63. The first-order valence-electron chi connectivity index (χ1n) is 11.8. The van der Waals surface area contributed by atoms with Crippen LogP contribution in [-0.4, -0.2) is 57.1 Å². The summed E-state index contributed by atoms with van der Waals surface area (Å²) < 4.78 is 31.7. The molecule has 192 valence electrons. The Hall–Kier alpha value is -3.07. The van der Waals surface area contributed by atoms with E-state index in [4.69, 9.17) is 4.74 Å². The van der Waals surface area contributed by atoms with Gasteiger partial charge in [-0.1, -0.05) is 44.2 Å². The molecule has 2 aromatic rings. The minimum Gasteiger partial charge on any atom is -0.497 e. The molecule has 0 fully saturated rings. The molecule has 2 aromatic carbocycles. The highest BCUT2D eigenvalue weighted by molar-refractivity contribution is 7.92. The molecule has 0 spiro atoms. The van der Waals surface area contributed by atoms with Gasteiger partial charge in [0, 0.05) is 12.6 Å². The highest BCUT2D eigenvalue weighted by Crippen LogP contribution is 2.23. The fourth-order valence-electron chi connectivity index (χ4n) is 3.73. The first kappa shape index (κ1) is 28.2. The molecule has 1 N–H and O–H groups in total. The Labute approximate surface area is 209 Å². The summed E-state index contributed by atoms with van der Waals surface area (Å²) in [5, 5.41) is 2.96. The first-order chi connectivity index (χ1) is 16.5. The average Bonchev–Trinajstić information content (AvgIpc) is 2.82. The Bertz CT molecular complexity index is 1100. The molecule has 0 bridgehead atoms. The number of carbonyl (C=O) groups excluding carboxylic acids is 2. The number of benzene rings is 2. The third-order valence-corrected chi connectivity index (χ3v) is 7.09. The number of methoxy groups -OCH3 is 1. The molecular formula is C26H37N3O5S. The van der Waals surface area contributed by atoms with E-state index in [1.807, 2.05) is 39.0 Å². The summed E-state index contributed by atoms with van der Waals surface area (Å²) in [5.41, 5.74) is 1.97. The Balaban J connectivity index is 2.44. The molecule has 8 nitrogen and oxygen atoms in total. The van der Waals surface area contributed by atoms with Gasteiger partial charge in [0.25, 0.3) is 0 Å². The first-order valence-corrected chi connectivity index (χ1v) is 13.6. The Morgan fingerprint density at radius 3 is 2.17 bits per heavy atom. The number of nitrogens with one attached hydrogen (secondary N) is 1. The summed E-state index contributed by atoms with van der Waals surface area (Å²) in [5.74, 6) is -0.0397. The molecule has 9 heteroatoms. The number of aryl methyl sites for hydroxylation is 1. The number of anilines is 1. The maximum Gasteiger partial charge on any atom is 0.244 e. The summed E-state index contributed by atoms with van der Waals surface area (Å²) in [6.45, 7) is 7.25. The van der Waals surface area contributed by atoms with Crippen molar-refractivity contribution in [2.24, 2.45) is 0 Å². The van der Waals surface area contributed by atoms with E-state index < -0.39 is 28.5 Å². The van der Waals surface area contributed by atoms with Crippen LogP contribution >= 0.6 is 0 Å². The molecule has 0 saturated heterocycles. The smallest absolute Gasteiger partial charge is 0.244 e. The van der Waals surface area contributed by atoms with Gasteiger partial charge in [-0.25, -0.2) is 8.42 Å². The van der Waals surface area contributed by atoms with Crippen LogP contribution in [0.3, 0.4) is 0 Å². The molecule has 0 saturated carbocycles. The van der Waals surface area contributed by atoms with Gasteiger partial charge in [-0.05, 0) is 56.0 Å². The van der Waals surface area contributed by atoms with E-state index in [9.17, 15) is 18.0 Å². The van der Waals surface area contributed by atoms with Gasteiger partial charge in [0.05, 0.1) is 19.1 Å². The van der Waals surface area contributed by atoms with Crippen molar-refractivity contribution < 1.29 is 22.7 Å². The lowest BCUT2D eigenvalue weighted by atomic mass is 10.1. The maximum absolute atomic E-state index is 13.7. The maximum atomic E-state index is 13.7. The fraction of sp³-hybridized carbons (Fsp3) is 0.462. The van der Waals surface area contributed by atoms with Crippen LogP contribution in [0.5, 0.6) is 5.75 Å². The van der Waals surface area contributed by atoms with Crippen LogP contribution in [0, 0.1) is 6.92 Å². The number of sulfonamides is 1. The van der Waals surface area contributed by atoms with E-state index in [0.29, 0.717) is 17.9 Å². The third-order valence-electron chi connectivity index (χ3n) is 5.96. The van der Waals surface area contributed by atoms with Crippen molar-refractivity contribution in [3.05, 3.63) is 59.7 Å². The molecule has 0 radical (unpaired) electrons. The number of hydrogen-bond acceptors (Lipinski definition) is 5. The van der Waals surface area contributed by atoms with Crippen molar-refractivity contribution in [3.8, 4) is 5.75 Å². The highest BCUT2D eigenvalue weighted by atomic mass is 32.2. The zero-order valence-corrected chi connectivity index (χ0v) is 22.3.